The first-order valence-corrected chi connectivity index (χ1v) is 4.59. The second-order valence-electron chi connectivity index (χ2n) is 2.80. The van der Waals surface area contributed by atoms with Crippen LogP contribution >= 0.6 is 23.2 Å². The fourth-order valence-corrected chi connectivity index (χ4v) is 1.30. The molecular formula is C9H6Cl2FNO2. The van der Waals surface area contributed by atoms with Gasteiger partial charge in [0.15, 0.2) is 11.0 Å². The lowest BCUT2D eigenvalue weighted by molar-refractivity contribution is -0.132. The van der Waals surface area contributed by atoms with Gasteiger partial charge in [0.2, 0.25) is 0 Å². The maximum Gasteiger partial charge on any atom is 0.331 e. The third kappa shape index (κ3) is 2.91. The molecule has 0 spiro atoms. The molecule has 1 heterocycles. The molecule has 0 aliphatic rings. The highest BCUT2D eigenvalue weighted by Crippen LogP contribution is 2.22. The zero-order chi connectivity index (χ0) is 11.6. The molecule has 6 heteroatoms. The molecule has 0 saturated carbocycles. The summed E-state index contributed by atoms with van der Waals surface area (Å²) < 4.78 is 13.0. The Morgan fingerprint density at radius 2 is 2.13 bits per heavy atom. The van der Waals surface area contributed by atoms with E-state index in [4.69, 9.17) is 28.3 Å². The smallest absolute Gasteiger partial charge is 0.331 e. The Kier molecular flexibility index (Phi) is 3.66. The first kappa shape index (κ1) is 11.9. The number of carboxylic acids is 1. The van der Waals surface area contributed by atoms with E-state index in [-0.39, 0.29) is 27.9 Å². The van der Waals surface area contributed by atoms with E-state index in [1.807, 2.05) is 0 Å². The van der Waals surface area contributed by atoms with E-state index in [1.54, 1.807) is 0 Å². The fourth-order valence-electron chi connectivity index (χ4n) is 0.913. The minimum absolute atomic E-state index is 0.0243. The summed E-state index contributed by atoms with van der Waals surface area (Å²) in [4.78, 5) is 14.0. The summed E-state index contributed by atoms with van der Waals surface area (Å²) >= 11 is 11.0. The number of carboxylic acid groups (broad SMARTS) is 1. The van der Waals surface area contributed by atoms with Gasteiger partial charge < -0.3 is 5.11 Å². The van der Waals surface area contributed by atoms with E-state index >= 15 is 0 Å². The fraction of sp³-hybridized carbons (Fsp3) is 0.111. The van der Waals surface area contributed by atoms with Crippen molar-refractivity contribution in [3.05, 3.63) is 39.9 Å². The van der Waals surface area contributed by atoms with Crippen LogP contribution in [0.15, 0.2) is 18.2 Å². The van der Waals surface area contributed by atoms with Crippen molar-refractivity contribution in [3.63, 3.8) is 0 Å². The maximum absolute atomic E-state index is 13.0. The molecule has 1 rings (SSSR count). The normalized spacial score (nSPS) is 10.1. The molecule has 0 aliphatic heterocycles. The van der Waals surface area contributed by atoms with E-state index in [0.717, 1.165) is 6.07 Å². The number of pyridine rings is 1. The van der Waals surface area contributed by atoms with Gasteiger partial charge in [0.05, 0.1) is 0 Å². The van der Waals surface area contributed by atoms with Gasteiger partial charge in [-0.05, 0) is 11.6 Å². The van der Waals surface area contributed by atoms with Crippen molar-refractivity contribution < 1.29 is 14.3 Å². The lowest BCUT2D eigenvalue weighted by Gasteiger charge is -2.04. The van der Waals surface area contributed by atoms with Crippen molar-refractivity contribution >= 4 is 29.2 Å². The van der Waals surface area contributed by atoms with Gasteiger partial charge in [-0.25, -0.2) is 14.2 Å². The third-order valence-corrected chi connectivity index (χ3v) is 2.26. The Balaban J connectivity index is 3.01. The summed E-state index contributed by atoms with van der Waals surface area (Å²) in [6.07, 6.45) is -0.0742. The van der Waals surface area contributed by atoms with E-state index < -0.39 is 11.8 Å². The molecule has 0 amide bonds. The van der Waals surface area contributed by atoms with Gasteiger partial charge in [0.25, 0.3) is 0 Å². The Bertz CT molecular complexity index is 434. The van der Waals surface area contributed by atoms with E-state index in [2.05, 4.69) is 11.6 Å². The summed E-state index contributed by atoms with van der Waals surface area (Å²) in [5.41, 5.74) is 0.145. The van der Waals surface area contributed by atoms with Crippen LogP contribution in [-0.4, -0.2) is 16.1 Å². The van der Waals surface area contributed by atoms with E-state index in [0.29, 0.717) is 0 Å². The molecule has 3 nitrogen and oxygen atoms in total. The first-order chi connectivity index (χ1) is 6.91. The average Bonchev–Trinajstić information content (AvgIpc) is 2.13. The molecule has 0 bridgehead atoms. The van der Waals surface area contributed by atoms with Crippen molar-refractivity contribution in [3.8, 4) is 0 Å². The van der Waals surface area contributed by atoms with Gasteiger partial charge in [-0.2, -0.15) is 0 Å². The van der Waals surface area contributed by atoms with Gasteiger partial charge in [-0.3, -0.25) is 0 Å². The van der Waals surface area contributed by atoms with Crippen LogP contribution in [0.25, 0.3) is 0 Å². The highest BCUT2D eigenvalue weighted by Gasteiger charge is 2.12. The van der Waals surface area contributed by atoms with Crippen molar-refractivity contribution in [1.29, 1.82) is 0 Å². The molecule has 1 aromatic heterocycles. The van der Waals surface area contributed by atoms with Crippen LogP contribution in [0.1, 0.15) is 5.56 Å². The Morgan fingerprint density at radius 1 is 1.53 bits per heavy atom. The van der Waals surface area contributed by atoms with Crippen molar-refractivity contribution in [2.45, 2.75) is 6.42 Å². The van der Waals surface area contributed by atoms with Crippen molar-refractivity contribution in [2.75, 3.05) is 0 Å². The average molecular weight is 250 g/mol. The van der Waals surface area contributed by atoms with Gasteiger partial charge in [0.1, 0.15) is 5.15 Å². The van der Waals surface area contributed by atoms with Gasteiger partial charge in [0, 0.05) is 12.0 Å². The maximum atomic E-state index is 13.0. The van der Waals surface area contributed by atoms with E-state index in [1.165, 1.54) is 0 Å². The predicted octanol–water partition coefficient (Wildman–Crippen LogP) is 2.71. The van der Waals surface area contributed by atoms with Crippen LogP contribution in [0.5, 0.6) is 0 Å². The van der Waals surface area contributed by atoms with E-state index in [9.17, 15) is 9.18 Å². The standard InChI is InChI=1S/C9H6Cl2FNO2/c1-4(9(14)15)2-5-3-6(12)8(11)13-7(5)10/h3H,1-2H2,(H,14,15). The molecule has 0 saturated heterocycles. The molecule has 0 radical (unpaired) electrons. The molecule has 0 fully saturated rings. The SMILES string of the molecule is C=C(Cc1cc(F)c(Cl)nc1Cl)C(=O)O. The number of hydrogen-bond donors (Lipinski definition) is 1. The lowest BCUT2D eigenvalue weighted by atomic mass is 10.1. The van der Waals surface area contributed by atoms with Crippen LogP contribution in [0.3, 0.4) is 0 Å². The lowest BCUT2D eigenvalue weighted by Crippen LogP contribution is -2.03. The summed E-state index contributed by atoms with van der Waals surface area (Å²) in [5, 5.41) is 8.21. The summed E-state index contributed by atoms with van der Waals surface area (Å²) in [6.45, 7) is 3.30. The van der Waals surface area contributed by atoms with Crippen LogP contribution < -0.4 is 0 Å². The predicted molar refractivity (Wildman–Crippen MR) is 54.7 cm³/mol. The third-order valence-electron chi connectivity index (χ3n) is 1.67. The van der Waals surface area contributed by atoms with Crippen LogP contribution in [-0.2, 0) is 11.2 Å². The van der Waals surface area contributed by atoms with Crippen LogP contribution in [0, 0.1) is 5.82 Å². The molecule has 1 N–H and O–H groups in total. The number of aliphatic carboxylic acids is 1. The van der Waals surface area contributed by atoms with Crippen molar-refractivity contribution in [2.24, 2.45) is 0 Å². The number of carbonyl (C=O) groups is 1. The molecule has 1 aromatic rings. The minimum atomic E-state index is -1.17. The minimum Gasteiger partial charge on any atom is -0.478 e. The summed E-state index contributed by atoms with van der Waals surface area (Å²) in [7, 11) is 0. The number of hydrogen-bond acceptors (Lipinski definition) is 2. The Labute approximate surface area is 95.1 Å². The quantitative estimate of drug-likeness (QED) is 0.662. The molecule has 0 atom stereocenters. The second kappa shape index (κ2) is 4.59. The summed E-state index contributed by atoms with van der Waals surface area (Å²) in [5.74, 6) is -1.91. The molecular weight excluding hydrogens is 244 g/mol. The van der Waals surface area contributed by atoms with Crippen LogP contribution in [0.2, 0.25) is 10.3 Å². The Morgan fingerprint density at radius 3 is 2.67 bits per heavy atom. The molecule has 80 valence electrons. The summed E-state index contributed by atoms with van der Waals surface area (Å²) in [6, 6.07) is 1.05. The number of aromatic nitrogens is 1. The zero-order valence-corrected chi connectivity index (χ0v) is 8.94. The number of rotatable bonds is 3. The second-order valence-corrected chi connectivity index (χ2v) is 3.51. The number of halogens is 3. The van der Waals surface area contributed by atoms with Gasteiger partial charge in [-0.15, -0.1) is 0 Å². The molecule has 0 aromatic carbocycles. The monoisotopic (exact) mass is 249 g/mol. The molecule has 0 aliphatic carbocycles. The zero-order valence-electron chi connectivity index (χ0n) is 7.43. The van der Waals surface area contributed by atoms with Gasteiger partial charge >= 0.3 is 5.97 Å². The highest BCUT2D eigenvalue weighted by atomic mass is 35.5. The number of nitrogens with zero attached hydrogens (tertiary/aromatic N) is 1. The highest BCUT2D eigenvalue weighted by molar-refractivity contribution is 6.33. The Hall–Kier alpha value is -1.13. The van der Waals surface area contributed by atoms with Gasteiger partial charge in [-0.1, -0.05) is 29.8 Å². The van der Waals surface area contributed by atoms with Crippen molar-refractivity contribution in [1.82, 2.24) is 4.98 Å². The topological polar surface area (TPSA) is 50.2 Å². The largest absolute Gasteiger partial charge is 0.478 e. The first-order valence-electron chi connectivity index (χ1n) is 3.83. The molecule has 15 heavy (non-hydrogen) atoms. The molecule has 0 unspecified atom stereocenters. The van der Waals surface area contributed by atoms with Crippen LogP contribution in [0.4, 0.5) is 4.39 Å².